The van der Waals surface area contributed by atoms with Crippen molar-refractivity contribution in [2.75, 3.05) is 12.3 Å². The van der Waals surface area contributed by atoms with Gasteiger partial charge in [0.25, 0.3) is 0 Å². The number of ether oxygens (including phenoxy) is 1. The van der Waals surface area contributed by atoms with Crippen molar-refractivity contribution < 1.29 is 9.53 Å². The highest BCUT2D eigenvalue weighted by molar-refractivity contribution is 5.95. The average Bonchev–Trinajstić information content (AvgIpc) is 2.59. The average molecular weight is 234 g/mol. The fourth-order valence-electron chi connectivity index (χ4n) is 1.72. The van der Waals surface area contributed by atoms with E-state index in [9.17, 15) is 4.79 Å². The summed E-state index contributed by atoms with van der Waals surface area (Å²) in [5.41, 5.74) is 8.18. The van der Waals surface area contributed by atoms with Crippen LogP contribution in [-0.4, -0.2) is 27.2 Å². The minimum absolute atomic E-state index is 0.263. The van der Waals surface area contributed by atoms with Crippen molar-refractivity contribution in [2.45, 2.75) is 20.8 Å². The molecule has 6 nitrogen and oxygen atoms in total. The summed E-state index contributed by atoms with van der Waals surface area (Å²) < 4.78 is 6.40. The van der Waals surface area contributed by atoms with Crippen LogP contribution in [0.5, 0.6) is 0 Å². The summed E-state index contributed by atoms with van der Waals surface area (Å²) in [4.78, 5) is 16.0. The van der Waals surface area contributed by atoms with Crippen LogP contribution in [0, 0.1) is 13.8 Å². The van der Waals surface area contributed by atoms with Gasteiger partial charge in [0, 0.05) is 6.07 Å². The van der Waals surface area contributed by atoms with Crippen LogP contribution in [0.3, 0.4) is 0 Å². The fourth-order valence-corrected chi connectivity index (χ4v) is 1.72. The third kappa shape index (κ3) is 1.82. The molecule has 0 radical (unpaired) electrons. The summed E-state index contributed by atoms with van der Waals surface area (Å²) in [5.74, 6) is -0.205. The van der Waals surface area contributed by atoms with Crippen molar-refractivity contribution in [3.63, 3.8) is 0 Å². The van der Waals surface area contributed by atoms with Gasteiger partial charge in [0.1, 0.15) is 11.4 Å². The number of nitrogens with zero attached hydrogens (tertiary/aromatic N) is 3. The number of nitrogen functional groups attached to an aromatic ring is 1. The molecular weight excluding hydrogens is 220 g/mol. The predicted octanol–water partition coefficient (Wildman–Crippen LogP) is 1.11. The van der Waals surface area contributed by atoms with Gasteiger partial charge in [0.05, 0.1) is 18.0 Å². The van der Waals surface area contributed by atoms with E-state index in [1.807, 2.05) is 6.92 Å². The Hall–Kier alpha value is -2.11. The molecule has 6 heteroatoms. The second kappa shape index (κ2) is 4.04. The maximum atomic E-state index is 11.8. The maximum Gasteiger partial charge on any atom is 0.343 e. The van der Waals surface area contributed by atoms with Gasteiger partial charge >= 0.3 is 5.97 Å². The van der Waals surface area contributed by atoms with Gasteiger partial charge in [-0.1, -0.05) is 0 Å². The third-order valence-corrected chi connectivity index (χ3v) is 2.42. The van der Waals surface area contributed by atoms with Gasteiger partial charge in [-0.2, -0.15) is 9.61 Å². The minimum atomic E-state index is -0.468. The number of rotatable bonds is 2. The van der Waals surface area contributed by atoms with Gasteiger partial charge < -0.3 is 10.5 Å². The summed E-state index contributed by atoms with van der Waals surface area (Å²) >= 11 is 0. The highest BCUT2D eigenvalue weighted by Gasteiger charge is 2.19. The molecule has 0 amide bonds. The summed E-state index contributed by atoms with van der Waals surface area (Å²) in [6.07, 6.45) is 0. The summed E-state index contributed by atoms with van der Waals surface area (Å²) in [7, 11) is 0. The first-order chi connectivity index (χ1) is 8.04. The molecule has 17 heavy (non-hydrogen) atoms. The second-order valence-corrected chi connectivity index (χ2v) is 3.73. The van der Waals surface area contributed by atoms with Gasteiger partial charge in [0.15, 0.2) is 5.65 Å². The van der Waals surface area contributed by atoms with E-state index in [1.165, 1.54) is 4.52 Å². The predicted molar refractivity (Wildman–Crippen MR) is 62.8 cm³/mol. The van der Waals surface area contributed by atoms with E-state index in [0.29, 0.717) is 17.9 Å². The number of aryl methyl sites for hydroxylation is 2. The minimum Gasteiger partial charge on any atom is -0.462 e. The number of anilines is 1. The van der Waals surface area contributed by atoms with Crippen LogP contribution in [0.1, 0.15) is 28.7 Å². The lowest BCUT2D eigenvalue weighted by atomic mass is 10.2. The van der Waals surface area contributed by atoms with Crippen LogP contribution in [0.25, 0.3) is 5.65 Å². The first kappa shape index (κ1) is 11.4. The van der Waals surface area contributed by atoms with E-state index >= 15 is 0 Å². The molecule has 0 saturated heterocycles. The summed E-state index contributed by atoms with van der Waals surface area (Å²) in [6, 6.07) is 1.80. The molecule has 0 fully saturated rings. The molecule has 0 aromatic carbocycles. The molecule has 2 N–H and O–H groups in total. The second-order valence-electron chi connectivity index (χ2n) is 3.73. The van der Waals surface area contributed by atoms with Crippen molar-refractivity contribution in [1.82, 2.24) is 14.6 Å². The van der Waals surface area contributed by atoms with Crippen LogP contribution in [-0.2, 0) is 4.74 Å². The third-order valence-electron chi connectivity index (χ3n) is 2.42. The number of hydrogen-bond donors (Lipinski definition) is 1. The Labute approximate surface area is 98.4 Å². The molecule has 0 aliphatic heterocycles. The summed E-state index contributed by atoms with van der Waals surface area (Å²) in [5, 5.41) is 4.18. The highest BCUT2D eigenvalue weighted by atomic mass is 16.5. The number of hydrogen-bond acceptors (Lipinski definition) is 5. The van der Waals surface area contributed by atoms with Gasteiger partial charge in [-0.15, -0.1) is 0 Å². The Bertz CT molecular complexity index is 589. The topological polar surface area (TPSA) is 82.5 Å². The molecule has 90 valence electrons. The molecule has 0 aliphatic carbocycles. The molecule has 0 atom stereocenters. The van der Waals surface area contributed by atoms with Gasteiger partial charge in [-0.3, -0.25) is 0 Å². The Morgan fingerprint density at radius 3 is 2.88 bits per heavy atom. The fraction of sp³-hybridized carbons (Fsp3) is 0.364. The molecule has 0 aliphatic rings. The molecule has 0 bridgehead atoms. The molecule has 2 aromatic heterocycles. The van der Waals surface area contributed by atoms with Crippen LogP contribution in [0.4, 0.5) is 5.82 Å². The zero-order valence-electron chi connectivity index (χ0n) is 10.0. The molecular formula is C11H14N4O2. The molecule has 0 spiro atoms. The zero-order chi connectivity index (χ0) is 12.6. The molecule has 2 heterocycles. The van der Waals surface area contributed by atoms with E-state index in [2.05, 4.69) is 10.1 Å². The molecule has 0 unspecified atom stereocenters. The number of fused-ring (bicyclic) bond motifs is 1. The first-order valence-electron chi connectivity index (χ1n) is 5.34. The van der Waals surface area contributed by atoms with Crippen molar-refractivity contribution >= 4 is 17.4 Å². The van der Waals surface area contributed by atoms with Crippen LogP contribution < -0.4 is 5.73 Å². The Morgan fingerprint density at radius 2 is 2.24 bits per heavy atom. The van der Waals surface area contributed by atoms with Crippen molar-refractivity contribution in [3.05, 3.63) is 23.0 Å². The SMILES string of the molecule is CCOC(=O)c1c(C)nc2cc(C)nn2c1N. The van der Waals surface area contributed by atoms with Gasteiger partial charge in [-0.05, 0) is 20.8 Å². The Kier molecular flexibility index (Phi) is 2.71. The number of carbonyl (C=O) groups excluding carboxylic acids is 1. The lowest BCUT2D eigenvalue weighted by Gasteiger charge is -2.09. The van der Waals surface area contributed by atoms with Crippen LogP contribution in [0.15, 0.2) is 6.07 Å². The smallest absolute Gasteiger partial charge is 0.343 e. The normalized spacial score (nSPS) is 10.8. The number of esters is 1. The molecule has 2 aromatic rings. The van der Waals surface area contributed by atoms with E-state index in [1.54, 1.807) is 19.9 Å². The van der Waals surface area contributed by atoms with E-state index in [0.717, 1.165) is 5.69 Å². The Balaban J connectivity index is 2.66. The van der Waals surface area contributed by atoms with E-state index in [4.69, 9.17) is 10.5 Å². The lowest BCUT2D eigenvalue weighted by molar-refractivity contribution is 0.0525. The maximum absolute atomic E-state index is 11.8. The van der Waals surface area contributed by atoms with Crippen LogP contribution >= 0.6 is 0 Å². The van der Waals surface area contributed by atoms with Gasteiger partial charge in [-0.25, -0.2) is 9.78 Å². The largest absolute Gasteiger partial charge is 0.462 e. The standard InChI is InChI=1S/C11H14N4O2/c1-4-17-11(16)9-7(3)13-8-5-6(2)14-15(8)10(9)12/h5H,4,12H2,1-3H3. The van der Waals surface area contributed by atoms with Crippen molar-refractivity contribution in [2.24, 2.45) is 0 Å². The zero-order valence-corrected chi connectivity index (χ0v) is 10.0. The quantitative estimate of drug-likeness (QED) is 0.787. The van der Waals surface area contributed by atoms with Crippen molar-refractivity contribution in [3.8, 4) is 0 Å². The lowest BCUT2D eigenvalue weighted by Crippen LogP contribution is -2.15. The number of aromatic nitrogens is 3. The highest BCUT2D eigenvalue weighted by Crippen LogP contribution is 2.18. The van der Waals surface area contributed by atoms with Crippen molar-refractivity contribution in [1.29, 1.82) is 0 Å². The first-order valence-corrected chi connectivity index (χ1v) is 5.34. The molecule has 0 saturated carbocycles. The monoisotopic (exact) mass is 234 g/mol. The number of nitrogens with two attached hydrogens (primary N) is 1. The van der Waals surface area contributed by atoms with Crippen LogP contribution in [0.2, 0.25) is 0 Å². The van der Waals surface area contributed by atoms with E-state index in [-0.39, 0.29) is 11.4 Å². The molecule has 2 rings (SSSR count). The van der Waals surface area contributed by atoms with Gasteiger partial charge in [0.2, 0.25) is 0 Å². The van der Waals surface area contributed by atoms with E-state index < -0.39 is 5.97 Å². The number of carbonyl (C=O) groups is 1. The Morgan fingerprint density at radius 1 is 1.53 bits per heavy atom. The summed E-state index contributed by atoms with van der Waals surface area (Å²) in [6.45, 7) is 5.61.